The first-order valence-electron chi connectivity index (χ1n) is 12.7. The summed E-state index contributed by atoms with van der Waals surface area (Å²) < 4.78 is 79.2. The number of nitrogens with zero attached hydrogens (tertiary/aromatic N) is 3. The third-order valence-electron chi connectivity index (χ3n) is 2.69. The van der Waals surface area contributed by atoms with E-state index >= 15 is 0 Å². The lowest BCUT2D eigenvalue weighted by Gasteiger charge is -2.27. The van der Waals surface area contributed by atoms with Gasteiger partial charge in [-0.25, -0.2) is 9.59 Å². The van der Waals surface area contributed by atoms with Crippen LogP contribution in [0, 0.1) is 5.21 Å². The molecular formula is C18H24ClN3O7. The number of carboxylic acids is 2. The number of aliphatic carboxylic acids is 2. The van der Waals surface area contributed by atoms with Crippen LogP contribution in [0.25, 0.3) is 0 Å². The second-order valence-electron chi connectivity index (χ2n) is 5.00. The van der Waals surface area contributed by atoms with E-state index in [4.69, 9.17) is 40.4 Å². The molecule has 160 valence electrons. The Hall–Kier alpha value is -2.69. The fourth-order valence-corrected chi connectivity index (χ4v) is 1.72. The predicted molar refractivity (Wildman–Crippen MR) is 104 cm³/mol. The zero-order chi connectivity index (χ0) is 30.6. The second-order valence-corrected chi connectivity index (χ2v) is 5.36. The number of hydrogen-bond acceptors (Lipinski definition) is 7. The smallest absolute Gasteiger partial charge is 0.328 e. The zero-order valence-corrected chi connectivity index (χ0v) is 15.4. The van der Waals surface area contributed by atoms with E-state index in [2.05, 4.69) is 5.16 Å². The molecule has 1 unspecified atom stereocenters. The van der Waals surface area contributed by atoms with Crippen molar-refractivity contribution in [3.05, 3.63) is 47.4 Å². The van der Waals surface area contributed by atoms with E-state index in [0.717, 1.165) is 6.20 Å². The number of rotatable bonds is 8. The molecule has 1 fully saturated rings. The van der Waals surface area contributed by atoms with Crippen molar-refractivity contribution >= 4 is 28.7 Å². The van der Waals surface area contributed by atoms with E-state index in [-0.39, 0.29) is 15.6 Å². The van der Waals surface area contributed by atoms with Crippen LogP contribution in [0.4, 0.5) is 0 Å². The van der Waals surface area contributed by atoms with Gasteiger partial charge in [0.05, 0.1) is 5.56 Å². The first-order chi connectivity index (χ1) is 17.5. The first kappa shape index (κ1) is 12.8. The van der Waals surface area contributed by atoms with Crippen molar-refractivity contribution in [1.82, 2.24) is 4.90 Å². The molecule has 2 rings (SSSR count). The molecule has 0 radical (unpaired) electrons. The van der Waals surface area contributed by atoms with Crippen LogP contribution in [0.15, 0.2) is 41.8 Å². The summed E-state index contributed by atoms with van der Waals surface area (Å²) in [6, 6.07) is 2.85. The van der Waals surface area contributed by atoms with Crippen LogP contribution < -0.4 is 4.73 Å². The van der Waals surface area contributed by atoms with E-state index < -0.39 is 63.3 Å². The van der Waals surface area contributed by atoms with Gasteiger partial charge in [-0.15, -0.1) is 0 Å². The molecule has 1 aromatic heterocycles. The lowest BCUT2D eigenvalue weighted by Crippen LogP contribution is -2.38. The van der Waals surface area contributed by atoms with Crippen molar-refractivity contribution in [3.63, 3.8) is 0 Å². The number of β-amino-alcohol motifs (C(OH)–C–C–N with tert-alkyl or cyclic N) is 1. The summed E-state index contributed by atoms with van der Waals surface area (Å²) in [5.74, 6) is -2.51. The Labute approximate surface area is 186 Å². The van der Waals surface area contributed by atoms with E-state index in [0.29, 0.717) is 16.9 Å². The molecule has 0 aromatic carbocycles. The summed E-state index contributed by atoms with van der Waals surface area (Å²) in [4.78, 5) is 24.0. The maximum absolute atomic E-state index is 11.2. The van der Waals surface area contributed by atoms with Crippen molar-refractivity contribution in [2.24, 2.45) is 5.16 Å². The lowest BCUT2D eigenvalue weighted by molar-refractivity contribution is -0.605. The second kappa shape index (κ2) is 13.5. The molecule has 11 heteroatoms. The summed E-state index contributed by atoms with van der Waals surface area (Å²) >= 11 is 5.87. The molecule has 3 N–H and O–H groups in total. The fourth-order valence-electron chi connectivity index (χ4n) is 1.56. The van der Waals surface area contributed by atoms with Gasteiger partial charge in [-0.05, 0) is 31.8 Å². The minimum Gasteiger partial charge on any atom is -0.619 e. The van der Waals surface area contributed by atoms with Crippen LogP contribution in [0.3, 0.4) is 0 Å². The molecule has 1 aliphatic rings. The zero-order valence-electron chi connectivity index (χ0n) is 24.6. The number of aliphatic hydroxyl groups excluding tert-OH is 1. The van der Waals surface area contributed by atoms with Crippen LogP contribution in [-0.2, 0) is 14.4 Å². The molecule has 29 heavy (non-hydrogen) atoms. The number of aromatic nitrogens is 1. The monoisotopic (exact) mass is 439 g/mol. The van der Waals surface area contributed by atoms with Crippen LogP contribution >= 0.6 is 11.6 Å². The van der Waals surface area contributed by atoms with Gasteiger partial charge in [-0.3, -0.25) is 0 Å². The number of aliphatic hydroxyl groups is 1. The van der Waals surface area contributed by atoms with Crippen LogP contribution in [0.2, 0.25) is 0 Å². The molecule has 10 nitrogen and oxygen atoms in total. The summed E-state index contributed by atoms with van der Waals surface area (Å²) in [6.45, 7) is -8.28. The van der Waals surface area contributed by atoms with Crippen molar-refractivity contribution in [2.75, 3.05) is 26.1 Å². The van der Waals surface area contributed by atoms with E-state index in [1.165, 1.54) is 18.3 Å². The third-order valence-corrected chi connectivity index (χ3v) is 2.98. The van der Waals surface area contributed by atoms with Gasteiger partial charge in [0, 0.05) is 38.5 Å². The molecule has 0 amide bonds. The van der Waals surface area contributed by atoms with Crippen molar-refractivity contribution in [1.29, 1.82) is 0 Å². The number of halogens is 1. The normalized spacial score (nSPS) is 29.8. The van der Waals surface area contributed by atoms with E-state index in [1.54, 1.807) is 0 Å². The summed E-state index contributed by atoms with van der Waals surface area (Å²) in [5.41, 5.74) is 0.195. The van der Waals surface area contributed by atoms with Gasteiger partial charge in [0.1, 0.15) is 12.7 Å². The number of pyridine rings is 1. The molecule has 1 aliphatic heterocycles. The van der Waals surface area contributed by atoms with Gasteiger partial charge in [-0.1, -0.05) is 23.1 Å². The summed E-state index contributed by atoms with van der Waals surface area (Å²) in [7, 11) is 0. The largest absolute Gasteiger partial charge is 0.619 e. The van der Waals surface area contributed by atoms with Crippen molar-refractivity contribution in [3.8, 4) is 0 Å². The highest BCUT2D eigenvalue weighted by Gasteiger charge is 2.15. The van der Waals surface area contributed by atoms with E-state index in [9.17, 15) is 19.9 Å². The third kappa shape index (κ3) is 11.7. The standard InChI is InChI=1S/C14H20ClN3O3.C4H4O4/c15-14(12-5-4-8-18(20)9-12)16-21-11-13(19)10-17-6-2-1-3-7-17;5-3(6)1-2-4(7)8/h4-5,8-9,13,19H,1-3,6-7,10-11H2;1-2H,(H,5,6)(H,7,8)/b16-14-;2-1-/i1D2,2D2,3D2,6D2,7D2;. The van der Waals surface area contributed by atoms with Gasteiger partial charge in [0.2, 0.25) is 0 Å². The highest BCUT2D eigenvalue weighted by atomic mass is 35.5. The highest BCUT2D eigenvalue weighted by Crippen LogP contribution is 2.09. The molecule has 1 atom stereocenters. The number of piperidine rings is 1. The van der Waals surface area contributed by atoms with E-state index in [1.807, 2.05) is 0 Å². The Bertz CT molecular complexity index is 1070. The number of carbonyl (C=O) groups is 2. The van der Waals surface area contributed by atoms with Crippen molar-refractivity contribution < 1.29 is 48.2 Å². The van der Waals surface area contributed by atoms with Gasteiger partial charge in [-0.2, -0.15) is 4.73 Å². The lowest BCUT2D eigenvalue weighted by atomic mass is 10.1. The first-order valence-corrected chi connectivity index (χ1v) is 8.06. The minimum atomic E-state index is -3.53. The van der Waals surface area contributed by atoms with Gasteiger partial charge < -0.3 is 30.3 Å². The Morgan fingerprint density at radius 1 is 1.34 bits per heavy atom. The molecule has 1 saturated heterocycles. The molecule has 0 spiro atoms. The summed E-state index contributed by atoms with van der Waals surface area (Å²) in [5, 5.41) is 40.2. The summed E-state index contributed by atoms with van der Waals surface area (Å²) in [6.07, 6.45) is -8.74. The van der Waals surface area contributed by atoms with Gasteiger partial charge >= 0.3 is 11.9 Å². The predicted octanol–water partition coefficient (Wildman–Crippen LogP) is 0.796. The maximum atomic E-state index is 11.2. The minimum absolute atomic E-state index is 0.0955. The Morgan fingerprint density at radius 2 is 1.97 bits per heavy atom. The average molecular weight is 440 g/mol. The Kier molecular flexibility index (Phi) is 5.94. The quantitative estimate of drug-likeness (QED) is 0.177. The Morgan fingerprint density at radius 3 is 2.52 bits per heavy atom. The maximum Gasteiger partial charge on any atom is 0.328 e. The number of oxime groups is 1. The van der Waals surface area contributed by atoms with Crippen LogP contribution in [-0.4, -0.2) is 69.6 Å². The molecule has 2 heterocycles. The topological polar surface area (TPSA) is 147 Å². The SMILES string of the molecule is O=C(O)/C=C\C(=O)O.[2H]C1([2H])N(CC(O)CO/N=C(\Cl)c2ccc[n+]([O-])c2)C([2H])([2H])C([2H])([2H])C([2H])([2H])C1([2H])[2H]. The molecule has 0 saturated carbocycles. The molecule has 1 aromatic rings. The van der Waals surface area contributed by atoms with Crippen LogP contribution in [0.5, 0.6) is 0 Å². The van der Waals surface area contributed by atoms with Crippen molar-refractivity contribution in [2.45, 2.75) is 25.2 Å². The Balaban J connectivity index is 0.000000824. The molecule has 0 bridgehead atoms. The van der Waals surface area contributed by atoms with Gasteiger partial charge in [0.15, 0.2) is 17.6 Å². The number of carboxylic acid groups (broad SMARTS) is 2. The number of hydrogen-bond donors (Lipinski definition) is 3. The molecule has 0 aliphatic carbocycles. The van der Waals surface area contributed by atoms with Gasteiger partial charge in [0.25, 0.3) is 0 Å². The molecular weight excluding hydrogens is 406 g/mol. The highest BCUT2D eigenvalue weighted by molar-refractivity contribution is 6.69. The van der Waals surface area contributed by atoms with Crippen LogP contribution in [0.1, 0.15) is 38.4 Å². The average Bonchev–Trinajstić information content (AvgIpc) is 2.80. The fraction of sp³-hybridized carbons (Fsp3) is 0.444. The number of likely N-dealkylation sites (tertiary alicyclic amines) is 1.